The fraction of sp³-hybridized carbons (Fsp3) is 0.519. The van der Waals surface area contributed by atoms with Crippen LogP contribution >= 0.6 is 11.6 Å². The highest BCUT2D eigenvalue weighted by molar-refractivity contribution is 7.92. The molecule has 2 fully saturated rings. The highest BCUT2D eigenvalue weighted by Crippen LogP contribution is 2.54. The summed E-state index contributed by atoms with van der Waals surface area (Å²) in [6, 6.07) is 4.75. The number of carbonyl (C=O) groups excluding carboxylic acids is 1. The van der Waals surface area contributed by atoms with Gasteiger partial charge in [0.05, 0.1) is 40.1 Å². The molecule has 0 heterocycles. The molecule has 13 heteroatoms. The quantitative estimate of drug-likeness (QED) is 0.320. The summed E-state index contributed by atoms with van der Waals surface area (Å²) in [7, 11) is -4.09. The Morgan fingerprint density at radius 1 is 1.15 bits per heavy atom. The average molecular weight is 606 g/mol. The van der Waals surface area contributed by atoms with Crippen molar-refractivity contribution in [3.8, 4) is 0 Å². The lowest BCUT2D eigenvalue weighted by molar-refractivity contribution is -0.132. The van der Waals surface area contributed by atoms with Crippen molar-refractivity contribution < 1.29 is 46.4 Å². The number of sulfone groups is 1. The van der Waals surface area contributed by atoms with Gasteiger partial charge in [0.2, 0.25) is 0 Å². The Labute approximate surface area is 235 Å². The first kappa shape index (κ1) is 30.7. The number of nitrogens with one attached hydrogen (secondary N) is 1. The molecule has 2 saturated carbocycles. The van der Waals surface area contributed by atoms with Gasteiger partial charge in [0.1, 0.15) is 6.10 Å². The number of amides is 1. The lowest BCUT2D eigenvalue weighted by Gasteiger charge is -2.43. The van der Waals surface area contributed by atoms with Crippen molar-refractivity contribution in [2.45, 2.75) is 61.1 Å². The molecule has 5 unspecified atom stereocenters. The number of hydrogen-bond donors (Lipinski definition) is 4. The highest BCUT2D eigenvalue weighted by atomic mass is 35.5. The Morgan fingerprint density at radius 3 is 2.40 bits per heavy atom. The van der Waals surface area contributed by atoms with Crippen LogP contribution in [0, 0.1) is 35.2 Å². The zero-order valence-corrected chi connectivity index (χ0v) is 23.4. The summed E-state index contributed by atoms with van der Waals surface area (Å²) in [5, 5.41) is 31.9. The second kappa shape index (κ2) is 11.6. The number of aliphatic hydroxyl groups excluding tert-OH is 2. The van der Waals surface area contributed by atoms with Gasteiger partial charge in [0.15, 0.2) is 27.3 Å². The van der Waals surface area contributed by atoms with Crippen molar-refractivity contribution in [2.75, 3.05) is 18.5 Å². The van der Waals surface area contributed by atoms with Crippen molar-refractivity contribution in [1.29, 1.82) is 0 Å². The van der Waals surface area contributed by atoms with Crippen molar-refractivity contribution in [3.63, 3.8) is 0 Å². The lowest BCUT2D eigenvalue weighted by Crippen LogP contribution is -2.52. The van der Waals surface area contributed by atoms with Gasteiger partial charge in [0.25, 0.3) is 5.91 Å². The number of hydrogen-bond acceptors (Lipinski definition) is 7. The summed E-state index contributed by atoms with van der Waals surface area (Å²) in [5.41, 5.74) is -1.82. The Balaban J connectivity index is 1.53. The van der Waals surface area contributed by atoms with E-state index in [0.717, 1.165) is 6.07 Å². The van der Waals surface area contributed by atoms with Crippen LogP contribution in [0.3, 0.4) is 0 Å². The summed E-state index contributed by atoms with van der Waals surface area (Å²) in [5.74, 6) is -6.43. The second-order valence-electron chi connectivity index (χ2n) is 10.8. The molecule has 8 nitrogen and oxygen atoms in total. The zero-order chi connectivity index (χ0) is 29.6. The third-order valence-electron chi connectivity index (χ3n) is 8.12. The minimum absolute atomic E-state index is 0.00965. The number of ether oxygens (including phenoxy) is 1. The first-order valence-corrected chi connectivity index (χ1v) is 14.7. The Morgan fingerprint density at radius 2 is 1.80 bits per heavy atom. The number of fused-ring (bicyclic) bond motifs is 2. The van der Waals surface area contributed by atoms with Crippen LogP contribution in [0.5, 0.6) is 0 Å². The van der Waals surface area contributed by atoms with E-state index < -0.39 is 68.1 Å². The molecule has 4 rings (SSSR count). The molecule has 0 spiro atoms. The molecule has 1 amide bonds. The molecule has 220 valence electrons. The Hall–Kier alpha value is -2.22. The van der Waals surface area contributed by atoms with Crippen LogP contribution in [0.2, 0.25) is 5.02 Å². The molecule has 40 heavy (non-hydrogen) atoms. The fourth-order valence-corrected chi connectivity index (χ4v) is 8.26. The maximum atomic E-state index is 13.8. The van der Waals surface area contributed by atoms with Gasteiger partial charge in [-0.1, -0.05) is 18.5 Å². The van der Waals surface area contributed by atoms with E-state index in [9.17, 15) is 41.7 Å². The van der Waals surface area contributed by atoms with E-state index in [0.29, 0.717) is 18.6 Å². The van der Waals surface area contributed by atoms with Crippen LogP contribution < -0.4 is 5.32 Å². The van der Waals surface area contributed by atoms with Gasteiger partial charge < -0.3 is 25.4 Å². The molecule has 2 aromatic carbocycles. The SMILES string of the molecule is CC(O)C(O)COC[C@@]1(O)C2CC(S(=O)(=O)c3cc(C(=O)Nc4cc(F)c(F)c(F)c4)ccc3Cl)CC1[C@@H](C)C2. The van der Waals surface area contributed by atoms with Gasteiger partial charge >= 0.3 is 0 Å². The van der Waals surface area contributed by atoms with Crippen molar-refractivity contribution in [1.82, 2.24) is 0 Å². The summed E-state index contributed by atoms with van der Waals surface area (Å²) in [6.45, 7) is 3.03. The van der Waals surface area contributed by atoms with Gasteiger partial charge in [-0.3, -0.25) is 4.79 Å². The molecule has 2 aromatic rings. The largest absolute Gasteiger partial charge is 0.391 e. The van der Waals surface area contributed by atoms with Crippen LogP contribution in [-0.2, 0) is 14.6 Å². The van der Waals surface area contributed by atoms with Gasteiger partial charge in [0, 0.05) is 23.4 Å². The molecule has 0 aliphatic heterocycles. The van der Waals surface area contributed by atoms with Gasteiger partial charge in [-0.15, -0.1) is 0 Å². The smallest absolute Gasteiger partial charge is 0.255 e. The van der Waals surface area contributed by atoms with E-state index in [2.05, 4.69) is 5.32 Å². The van der Waals surface area contributed by atoms with E-state index in [1.165, 1.54) is 19.1 Å². The molecular formula is C27H31ClF3NO7S. The molecule has 0 saturated heterocycles. The highest BCUT2D eigenvalue weighted by Gasteiger charge is 2.58. The normalized spacial score (nSPS) is 27.8. The number of benzene rings is 2. The van der Waals surface area contributed by atoms with Crippen LogP contribution in [0.25, 0.3) is 0 Å². The molecule has 2 aliphatic carbocycles. The van der Waals surface area contributed by atoms with Gasteiger partial charge in [-0.25, -0.2) is 21.6 Å². The van der Waals surface area contributed by atoms with E-state index in [-0.39, 0.29) is 53.1 Å². The molecule has 2 aliphatic rings. The second-order valence-corrected chi connectivity index (χ2v) is 13.4. The van der Waals surface area contributed by atoms with Crippen LogP contribution in [-0.4, -0.2) is 65.9 Å². The van der Waals surface area contributed by atoms with Crippen molar-refractivity contribution in [3.05, 3.63) is 58.4 Å². The third-order valence-corrected chi connectivity index (χ3v) is 10.8. The average Bonchev–Trinajstić information content (AvgIpc) is 3.00. The predicted octanol–water partition coefficient (Wildman–Crippen LogP) is 3.71. The molecule has 0 aromatic heterocycles. The summed E-state index contributed by atoms with van der Waals surface area (Å²) in [6.07, 6.45) is -1.34. The van der Waals surface area contributed by atoms with Crippen molar-refractivity contribution in [2.24, 2.45) is 17.8 Å². The third kappa shape index (κ3) is 5.88. The first-order valence-electron chi connectivity index (χ1n) is 12.8. The minimum atomic E-state index is -4.09. The van der Waals surface area contributed by atoms with Crippen LogP contribution in [0.4, 0.5) is 18.9 Å². The van der Waals surface area contributed by atoms with Gasteiger partial charge in [-0.05, 0) is 62.1 Å². The number of aliphatic hydroxyl groups is 3. The standard InChI is InChI=1S/C27H31ClF3NO7S/c1-13-5-16-7-18(10-19(13)27(16,36)12-39-11-23(34)14(2)33)40(37,38)24-6-15(3-4-20(24)28)26(35)32-17-8-21(29)25(31)22(30)9-17/h3-4,6,8-9,13-14,16,18-19,23,33-34,36H,5,7,10-12H2,1-2H3,(H,32,35)/t13-,14?,16?,18?,19?,23?,27+/m0/s1. The summed E-state index contributed by atoms with van der Waals surface area (Å²) < 4.78 is 73.4. The lowest BCUT2D eigenvalue weighted by atomic mass is 9.73. The monoisotopic (exact) mass is 605 g/mol. The molecule has 7 atom stereocenters. The molecule has 2 bridgehead atoms. The maximum absolute atomic E-state index is 13.8. The number of halogens is 4. The summed E-state index contributed by atoms with van der Waals surface area (Å²) >= 11 is 6.26. The number of anilines is 1. The molecule has 0 radical (unpaired) electrons. The maximum Gasteiger partial charge on any atom is 0.255 e. The van der Waals surface area contributed by atoms with E-state index in [4.69, 9.17) is 16.3 Å². The fourth-order valence-electron chi connectivity index (χ4n) is 5.88. The van der Waals surface area contributed by atoms with E-state index in [1.807, 2.05) is 6.92 Å². The predicted molar refractivity (Wildman–Crippen MR) is 140 cm³/mol. The van der Waals surface area contributed by atoms with Gasteiger partial charge in [-0.2, -0.15) is 0 Å². The number of carbonyl (C=O) groups is 1. The summed E-state index contributed by atoms with van der Waals surface area (Å²) in [4.78, 5) is 12.5. The van der Waals surface area contributed by atoms with E-state index in [1.54, 1.807) is 0 Å². The Kier molecular flexibility index (Phi) is 8.89. The van der Waals surface area contributed by atoms with Crippen LogP contribution in [0.1, 0.15) is 43.5 Å². The first-order chi connectivity index (χ1) is 18.6. The molecular weight excluding hydrogens is 575 g/mol. The number of rotatable bonds is 9. The zero-order valence-electron chi connectivity index (χ0n) is 21.8. The Bertz CT molecular complexity index is 1370. The van der Waals surface area contributed by atoms with Crippen LogP contribution in [0.15, 0.2) is 35.2 Å². The van der Waals surface area contributed by atoms with Crippen molar-refractivity contribution >= 4 is 33.0 Å². The van der Waals surface area contributed by atoms with E-state index >= 15 is 0 Å². The topological polar surface area (TPSA) is 133 Å². The molecule has 4 N–H and O–H groups in total. The minimum Gasteiger partial charge on any atom is -0.391 e.